The van der Waals surface area contributed by atoms with Gasteiger partial charge in [0.25, 0.3) is 0 Å². The Morgan fingerprint density at radius 3 is 2.42 bits per heavy atom. The third-order valence-electron chi connectivity index (χ3n) is 4.47. The fourth-order valence-corrected chi connectivity index (χ4v) is 3.47. The average molecular weight is 318 g/mol. The summed E-state index contributed by atoms with van der Waals surface area (Å²) in [6.07, 6.45) is 0. The van der Waals surface area contributed by atoms with E-state index >= 15 is 0 Å². The summed E-state index contributed by atoms with van der Waals surface area (Å²) in [6, 6.07) is 19.1. The van der Waals surface area contributed by atoms with Crippen LogP contribution in [0.4, 0.5) is 5.69 Å². The van der Waals surface area contributed by atoms with E-state index in [9.17, 15) is 10.2 Å². The standard InChI is InChI=1S/C20H18N2O2/c21-15-9-10-17-20(19(15)14-6-2-4-8-18(14)24)13-5-1-3-7-16(13)22(17)11-12-23/h1-10,23-24H,11-12,21H2. The van der Waals surface area contributed by atoms with Crippen LogP contribution in [0.1, 0.15) is 0 Å². The molecule has 0 atom stereocenters. The van der Waals surface area contributed by atoms with Crippen molar-refractivity contribution in [2.75, 3.05) is 12.3 Å². The fraction of sp³-hybridized carbons (Fsp3) is 0.100. The predicted octanol–water partition coefficient (Wildman–Crippen LogP) is 3.74. The molecule has 4 heteroatoms. The van der Waals surface area contributed by atoms with Crippen LogP contribution in [0.5, 0.6) is 5.75 Å². The van der Waals surface area contributed by atoms with Crippen LogP contribution in [-0.2, 0) is 6.54 Å². The third kappa shape index (κ3) is 2.04. The van der Waals surface area contributed by atoms with Gasteiger partial charge in [-0.3, -0.25) is 0 Å². The van der Waals surface area contributed by atoms with Gasteiger partial charge in [-0.05, 0) is 24.3 Å². The molecule has 0 saturated heterocycles. The second-order valence-corrected chi connectivity index (χ2v) is 5.83. The topological polar surface area (TPSA) is 71.4 Å². The van der Waals surface area contributed by atoms with Crippen molar-refractivity contribution < 1.29 is 10.2 Å². The quantitative estimate of drug-likeness (QED) is 0.504. The first-order valence-corrected chi connectivity index (χ1v) is 7.91. The van der Waals surface area contributed by atoms with Crippen molar-refractivity contribution >= 4 is 27.5 Å². The SMILES string of the molecule is Nc1ccc2c(c1-c1ccccc1O)c1ccccc1n2CCO. The number of phenolic OH excluding ortho intramolecular Hbond substituents is 1. The normalized spacial score (nSPS) is 11.4. The van der Waals surface area contributed by atoms with Crippen molar-refractivity contribution in [1.82, 2.24) is 4.57 Å². The number of phenols is 1. The molecular weight excluding hydrogens is 300 g/mol. The third-order valence-corrected chi connectivity index (χ3v) is 4.47. The van der Waals surface area contributed by atoms with Gasteiger partial charge in [-0.1, -0.05) is 36.4 Å². The molecule has 120 valence electrons. The summed E-state index contributed by atoms with van der Waals surface area (Å²) in [7, 11) is 0. The lowest BCUT2D eigenvalue weighted by atomic mass is 9.97. The van der Waals surface area contributed by atoms with Crippen LogP contribution in [0, 0.1) is 0 Å². The maximum absolute atomic E-state index is 10.3. The average Bonchev–Trinajstić information content (AvgIpc) is 2.91. The molecule has 4 aromatic rings. The number of nitrogen functional groups attached to an aromatic ring is 1. The number of aliphatic hydroxyl groups is 1. The molecule has 0 aliphatic heterocycles. The molecule has 1 aromatic heterocycles. The van der Waals surface area contributed by atoms with Crippen molar-refractivity contribution in [3.63, 3.8) is 0 Å². The molecule has 0 radical (unpaired) electrons. The highest BCUT2D eigenvalue weighted by atomic mass is 16.3. The van der Waals surface area contributed by atoms with E-state index < -0.39 is 0 Å². The highest BCUT2D eigenvalue weighted by molar-refractivity contribution is 6.17. The van der Waals surface area contributed by atoms with Gasteiger partial charge in [-0.25, -0.2) is 0 Å². The Kier molecular flexibility index (Phi) is 3.40. The van der Waals surface area contributed by atoms with Crippen LogP contribution in [0.3, 0.4) is 0 Å². The van der Waals surface area contributed by atoms with Crippen LogP contribution >= 0.6 is 0 Å². The molecule has 0 unspecified atom stereocenters. The number of rotatable bonds is 3. The lowest BCUT2D eigenvalue weighted by Crippen LogP contribution is -2.01. The lowest BCUT2D eigenvalue weighted by molar-refractivity contribution is 0.280. The highest BCUT2D eigenvalue weighted by Crippen LogP contribution is 2.42. The van der Waals surface area contributed by atoms with Crippen LogP contribution in [0.2, 0.25) is 0 Å². The molecule has 0 amide bonds. The number of anilines is 1. The highest BCUT2D eigenvalue weighted by Gasteiger charge is 2.18. The smallest absolute Gasteiger partial charge is 0.123 e. The Bertz CT molecular complexity index is 1050. The van der Waals surface area contributed by atoms with Gasteiger partial charge in [-0.15, -0.1) is 0 Å². The Morgan fingerprint density at radius 1 is 0.875 bits per heavy atom. The summed E-state index contributed by atoms with van der Waals surface area (Å²) < 4.78 is 2.09. The molecule has 4 N–H and O–H groups in total. The van der Waals surface area contributed by atoms with E-state index in [4.69, 9.17) is 5.73 Å². The van der Waals surface area contributed by atoms with Crippen molar-refractivity contribution in [3.05, 3.63) is 60.7 Å². The minimum Gasteiger partial charge on any atom is -0.507 e. The van der Waals surface area contributed by atoms with Gasteiger partial charge >= 0.3 is 0 Å². The van der Waals surface area contributed by atoms with E-state index in [0.29, 0.717) is 17.8 Å². The zero-order chi connectivity index (χ0) is 16.7. The molecule has 0 aliphatic rings. The first-order valence-electron chi connectivity index (χ1n) is 7.91. The number of nitrogens with two attached hydrogens (primary N) is 1. The summed E-state index contributed by atoms with van der Waals surface area (Å²) in [5.74, 6) is 0.204. The van der Waals surface area contributed by atoms with Gasteiger partial charge in [0.15, 0.2) is 0 Å². The van der Waals surface area contributed by atoms with Crippen LogP contribution in [0.15, 0.2) is 60.7 Å². The summed E-state index contributed by atoms with van der Waals surface area (Å²) in [4.78, 5) is 0. The summed E-state index contributed by atoms with van der Waals surface area (Å²) in [5.41, 5.74) is 10.5. The van der Waals surface area contributed by atoms with E-state index in [2.05, 4.69) is 10.6 Å². The van der Waals surface area contributed by atoms with Gasteiger partial charge in [0.2, 0.25) is 0 Å². The minimum absolute atomic E-state index is 0.0596. The Labute approximate surface area is 139 Å². The molecule has 0 fully saturated rings. The molecule has 0 spiro atoms. The van der Waals surface area contributed by atoms with E-state index in [1.807, 2.05) is 42.5 Å². The van der Waals surface area contributed by atoms with Crippen LogP contribution in [-0.4, -0.2) is 21.4 Å². The summed E-state index contributed by atoms with van der Waals surface area (Å²) in [6.45, 7) is 0.568. The fourth-order valence-electron chi connectivity index (χ4n) is 3.47. The first kappa shape index (κ1) is 14.6. The van der Waals surface area contributed by atoms with Crippen molar-refractivity contribution in [3.8, 4) is 16.9 Å². The van der Waals surface area contributed by atoms with Crippen LogP contribution < -0.4 is 5.73 Å². The number of benzene rings is 3. The zero-order valence-electron chi connectivity index (χ0n) is 13.1. The molecule has 3 aromatic carbocycles. The van der Waals surface area contributed by atoms with Gasteiger partial charge in [0.05, 0.1) is 6.61 Å². The molecule has 24 heavy (non-hydrogen) atoms. The Balaban J connectivity index is 2.21. The molecule has 0 saturated carbocycles. The number of aromatic hydroxyl groups is 1. The van der Waals surface area contributed by atoms with Crippen molar-refractivity contribution in [1.29, 1.82) is 0 Å². The number of para-hydroxylation sites is 2. The van der Waals surface area contributed by atoms with Gasteiger partial charge in [-0.2, -0.15) is 0 Å². The number of fused-ring (bicyclic) bond motifs is 3. The molecule has 1 heterocycles. The molecule has 0 bridgehead atoms. The number of aromatic nitrogens is 1. The Morgan fingerprint density at radius 2 is 1.62 bits per heavy atom. The predicted molar refractivity (Wildman–Crippen MR) is 98.0 cm³/mol. The molecular formula is C20H18N2O2. The van der Waals surface area contributed by atoms with Gasteiger partial charge in [0, 0.05) is 45.2 Å². The van der Waals surface area contributed by atoms with Gasteiger partial charge < -0.3 is 20.5 Å². The van der Waals surface area contributed by atoms with Crippen LogP contribution in [0.25, 0.3) is 32.9 Å². The summed E-state index contributed by atoms with van der Waals surface area (Å²) in [5, 5.41) is 21.8. The number of hydrogen-bond donors (Lipinski definition) is 3. The Hall–Kier alpha value is -2.98. The lowest BCUT2D eigenvalue weighted by Gasteiger charge is -2.11. The van der Waals surface area contributed by atoms with E-state index in [1.165, 1.54) is 0 Å². The minimum atomic E-state index is 0.0596. The number of nitrogens with zero attached hydrogens (tertiary/aromatic N) is 1. The maximum atomic E-state index is 10.3. The number of hydrogen-bond acceptors (Lipinski definition) is 3. The second kappa shape index (κ2) is 5.58. The zero-order valence-corrected chi connectivity index (χ0v) is 13.1. The van der Waals surface area contributed by atoms with E-state index in [0.717, 1.165) is 27.4 Å². The molecule has 4 rings (SSSR count). The monoisotopic (exact) mass is 318 g/mol. The largest absolute Gasteiger partial charge is 0.507 e. The maximum Gasteiger partial charge on any atom is 0.123 e. The molecule has 0 aliphatic carbocycles. The van der Waals surface area contributed by atoms with E-state index in [1.54, 1.807) is 12.1 Å². The first-order chi connectivity index (χ1) is 11.7. The second-order valence-electron chi connectivity index (χ2n) is 5.83. The summed E-state index contributed by atoms with van der Waals surface area (Å²) >= 11 is 0. The van der Waals surface area contributed by atoms with E-state index in [-0.39, 0.29) is 12.4 Å². The van der Waals surface area contributed by atoms with Crippen molar-refractivity contribution in [2.24, 2.45) is 0 Å². The number of aliphatic hydroxyl groups excluding tert-OH is 1. The van der Waals surface area contributed by atoms with Crippen molar-refractivity contribution in [2.45, 2.75) is 6.54 Å². The molecule has 4 nitrogen and oxygen atoms in total. The van der Waals surface area contributed by atoms with Gasteiger partial charge in [0.1, 0.15) is 5.75 Å².